The first-order valence-electron chi connectivity index (χ1n) is 13.4. The molecule has 2 atom stereocenters. The van der Waals surface area contributed by atoms with E-state index in [1.54, 1.807) is 0 Å². The lowest BCUT2D eigenvalue weighted by Gasteiger charge is -2.29. The predicted molar refractivity (Wildman–Crippen MR) is 164 cm³/mol. The fourth-order valence-electron chi connectivity index (χ4n) is 5.62. The van der Waals surface area contributed by atoms with Crippen LogP contribution in [0.15, 0.2) is 66.9 Å². The Balaban J connectivity index is 1.63. The van der Waals surface area contributed by atoms with E-state index in [1.165, 1.54) is 29.5 Å². The molecule has 7 nitrogen and oxygen atoms in total. The highest BCUT2D eigenvalue weighted by Gasteiger charge is 2.42. The molecular formula is C32H35N5O2S. The Morgan fingerprint density at radius 1 is 1.02 bits per heavy atom. The quantitative estimate of drug-likeness (QED) is 0.267. The Morgan fingerprint density at radius 3 is 2.52 bits per heavy atom. The van der Waals surface area contributed by atoms with Gasteiger partial charge in [-0.2, -0.15) is 0 Å². The molecule has 0 saturated carbocycles. The van der Waals surface area contributed by atoms with Crippen molar-refractivity contribution in [2.75, 3.05) is 23.9 Å². The van der Waals surface area contributed by atoms with Crippen molar-refractivity contribution in [3.05, 3.63) is 106 Å². The number of amides is 1. The molecule has 1 aliphatic rings. The molecule has 1 fully saturated rings. The number of aromatic nitrogens is 2. The summed E-state index contributed by atoms with van der Waals surface area (Å²) >= 11 is 5.97. The normalized spacial score (nSPS) is 16.8. The molecule has 0 radical (unpaired) electrons. The fraction of sp³-hybridized carbons (Fsp3) is 0.281. The lowest BCUT2D eigenvalue weighted by Crippen LogP contribution is -2.29. The van der Waals surface area contributed by atoms with E-state index < -0.39 is 0 Å². The number of methoxy groups -OCH3 is 1. The summed E-state index contributed by atoms with van der Waals surface area (Å²) in [5.41, 5.74) is 10.7. The first kappa shape index (κ1) is 27.6. The maximum absolute atomic E-state index is 12.1. The Bertz CT molecular complexity index is 1580. The van der Waals surface area contributed by atoms with E-state index in [2.05, 4.69) is 78.1 Å². The first-order chi connectivity index (χ1) is 19.2. The van der Waals surface area contributed by atoms with Crippen molar-refractivity contribution in [2.45, 2.75) is 46.7 Å². The summed E-state index contributed by atoms with van der Waals surface area (Å²) in [6, 6.07) is 20.5. The van der Waals surface area contributed by atoms with Crippen molar-refractivity contribution in [1.29, 1.82) is 0 Å². The number of anilines is 2. The van der Waals surface area contributed by atoms with Gasteiger partial charge < -0.3 is 24.8 Å². The van der Waals surface area contributed by atoms with Crippen LogP contribution in [-0.2, 0) is 9.53 Å². The number of pyridine rings is 1. The fourth-order valence-corrected chi connectivity index (χ4v) is 5.97. The molecule has 4 aromatic rings. The Labute approximate surface area is 241 Å². The number of nitrogens with one attached hydrogen (secondary N) is 2. The van der Waals surface area contributed by atoms with Gasteiger partial charge in [0.1, 0.15) is 6.61 Å². The smallest absolute Gasteiger partial charge is 0.250 e. The molecule has 5 rings (SSSR count). The molecule has 0 unspecified atom stereocenters. The lowest BCUT2D eigenvalue weighted by atomic mass is 9.96. The van der Waals surface area contributed by atoms with Gasteiger partial charge >= 0.3 is 0 Å². The summed E-state index contributed by atoms with van der Waals surface area (Å²) in [4.78, 5) is 19.0. The zero-order chi connectivity index (χ0) is 28.6. The number of aryl methyl sites for hydroxylation is 4. The van der Waals surface area contributed by atoms with Crippen molar-refractivity contribution >= 4 is 34.6 Å². The highest BCUT2D eigenvalue weighted by molar-refractivity contribution is 7.80. The predicted octanol–water partition coefficient (Wildman–Crippen LogP) is 6.18. The minimum absolute atomic E-state index is 0.00514. The van der Waals surface area contributed by atoms with E-state index in [9.17, 15) is 4.79 Å². The molecule has 206 valence electrons. The van der Waals surface area contributed by atoms with Gasteiger partial charge in [0.2, 0.25) is 5.91 Å². The van der Waals surface area contributed by atoms with Crippen molar-refractivity contribution in [3.8, 4) is 5.69 Å². The third-order valence-electron chi connectivity index (χ3n) is 7.53. The van der Waals surface area contributed by atoms with Crippen molar-refractivity contribution in [3.63, 3.8) is 0 Å². The molecule has 2 N–H and O–H groups in total. The summed E-state index contributed by atoms with van der Waals surface area (Å²) in [7, 11) is 1.51. The van der Waals surface area contributed by atoms with Crippen LogP contribution < -0.4 is 15.5 Å². The molecule has 1 saturated heterocycles. The summed E-state index contributed by atoms with van der Waals surface area (Å²) < 4.78 is 7.31. The van der Waals surface area contributed by atoms with Gasteiger partial charge in [0, 0.05) is 41.8 Å². The monoisotopic (exact) mass is 553 g/mol. The largest absolute Gasteiger partial charge is 0.375 e. The third-order valence-corrected chi connectivity index (χ3v) is 7.84. The summed E-state index contributed by atoms with van der Waals surface area (Å²) in [6.07, 6.45) is 1.82. The molecule has 3 heterocycles. The number of carbonyl (C=O) groups is 1. The molecule has 1 amide bonds. The van der Waals surface area contributed by atoms with Crippen LogP contribution in [-0.4, -0.2) is 34.3 Å². The average molecular weight is 554 g/mol. The van der Waals surface area contributed by atoms with Crippen molar-refractivity contribution in [2.24, 2.45) is 0 Å². The third kappa shape index (κ3) is 5.12. The van der Waals surface area contributed by atoms with Gasteiger partial charge in [0.25, 0.3) is 0 Å². The Morgan fingerprint density at radius 2 is 1.82 bits per heavy atom. The summed E-state index contributed by atoms with van der Waals surface area (Å²) in [5.74, 6) is -0.191. The minimum atomic E-state index is -0.191. The summed E-state index contributed by atoms with van der Waals surface area (Å²) in [6.45, 7) is 10.6. The van der Waals surface area contributed by atoms with Crippen molar-refractivity contribution in [1.82, 2.24) is 14.9 Å². The van der Waals surface area contributed by atoms with Crippen LogP contribution in [0, 0.1) is 34.6 Å². The molecule has 0 aliphatic carbocycles. The Kier molecular flexibility index (Phi) is 7.74. The van der Waals surface area contributed by atoms with Gasteiger partial charge in [-0.05, 0) is 112 Å². The van der Waals surface area contributed by atoms with Gasteiger partial charge in [0.05, 0.1) is 17.8 Å². The van der Waals surface area contributed by atoms with E-state index in [1.807, 2.05) is 43.5 Å². The van der Waals surface area contributed by atoms with Crippen LogP contribution >= 0.6 is 12.2 Å². The topological polar surface area (TPSA) is 71.4 Å². The highest BCUT2D eigenvalue weighted by atomic mass is 32.1. The number of thiocarbonyl (C=S) groups is 1. The average Bonchev–Trinajstić information content (AvgIpc) is 3.42. The van der Waals surface area contributed by atoms with Gasteiger partial charge in [-0.25, -0.2) is 0 Å². The van der Waals surface area contributed by atoms with E-state index in [0.29, 0.717) is 5.11 Å². The second-order valence-electron chi connectivity index (χ2n) is 10.4. The number of hydrogen-bond acceptors (Lipinski definition) is 4. The van der Waals surface area contributed by atoms with Gasteiger partial charge in [-0.1, -0.05) is 18.2 Å². The molecule has 0 bridgehead atoms. The van der Waals surface area contributed by atoms with Crippen LogP contribution in [0.4, 0.5) is 11.4 Å². The molecule has 8 heteroatoms. The van der Waals surface area contributed by atoms with Crippen LogP contribution in [0.3, 0.4) is 0 Å². The molecule has 2 aromatic carbocycles. The van der Waals surface area contributed by atoms with Crippen LogP contribution in [0.5, 0.6) is 0 Å². The van der Waals surface area contributed by atoms with Crippen LogP contribution in [0.25, 0.3) is 5.69 Å². The SMILES string of the molecule is COCC(=O)Nc1ccc(N2C(=S)N[C@H](c3ccccn3)[C@@H]2c2cc(C)n(-c3cc(C)ccc3C)c2C)cc1C. The minimum Gasteiger partial charge on any atom is -0.375 e. The maximum Gasteiger partial charge on any atom is 0.250 e. The Hall–Kier alpha value is -4.01. The number of ether oxygens (including phenoxy) is 1. The number of rotatable bonds is 7. The summed E-state index contributed by atoms with van der Waals surface area (Å²) in [5, 5.41) is 7.12. The van der Waals surface area contributed by atoms with E-state index in [4.69, 9.17) is 21.9 Å². The molecule has 0 spiro atoms. The van der Waals surface area contributed by atoms with Crippen LogP contribution in [0.1, 0.15) is 51.4 Å². The number of nitrogens with zero attached hydrogens (tertiary/aromatic N) is 3. The van der Waals surface area contributed by atoms with Gasteiger partial charge in [-0.15, -0.1) is 0 Å². The maximum atomic E-state index is 12.1. The number of carbonyl (C=O) groups excluding carboxylic acids is 1. The second-order valence-corrected chi connectivity index (χ2v) is 10.8. The first-order valence-corrected chi connectivity index (χ1v) is 13.8. The van der Waals surface area contributed by atoms with E-state index >= 15 is 0 Å². The lowest BCUT2D eigenvalue weighted by molar-refractivity contribution is -0.119. The second kappa shape index (κ2) is 11.2. The zero-order valence-electron chi connectivity index (χ0n) is 23.8. The van der Waals surface area contributed by atoms with Crippen LogP contribution in [0.2, 0.25) is 0 Å². The highest BCUT2D eigenvalue weighted by Crippen LogP contribution is 2.44. The van der Waals surface area contributed by atoms with Crippen molar-refractivity contribution < 1.29 is 9.53 Å². The van der Waals surface area contributed by atoms with E-state index in [0.717, 1.165) is 34.0 Å². The molecule has 40 heavy (non-hydrogen) atoms. The zero-order valence-corrected chi connectivity index (χ0v) is 24.6. The molecular weight excluding hydrogens is 518 g/mol. The van der Waals surface area contributed by atoms with E-state index in [-0.39, 0.29) is 24.6 Å². The van der Waals surface area contributed by atoms with Gasteiger partial charge in [0.15, 0.2) is 5.11 Å². The molecule has 1 aliphatic heterocycles. The molecule has 2 aromatic heterocycles. The van der Waals surface area contributed by atoms with Gasteiger partial charge in [-0.3, -0.25) is 9.78 Å². The number of benzene rings is 2. The standard InChI is InChI=1S/C32H35N5O2S/c1-19-10-11-20(2)28(15-19)36-22(4)17-25(23(36)5)31-30(27-9-7-8-14-33-27)35-32(40)37(31)24-12-13-26(21(3)16-24)34-29(38)18-39-6/h7-17,30-31H,18H2,1-6H3,(H,34,38)(H,35,40)/t30-,31+/m1/s1. The number of hydrogen-bond donors (Lipinski definition) is 2.